The molecule has 1 N–H and O–H groups in total. The van der Waals surface area contributed by atoms with E-state index in [1.807, 2.05) is 0 Å². The fraction of sp³-hybridized carbons (Fsp3) is 0.647. The summed E-state index contributed by atoms with van der Waals surface area (Å²) >= 11 is 2.13. The molecule has 0 fully saturated rings. The fourth-order valence-electron chi connectivity index (χ4n) is 2.84. The van der Waals surface area contributed by atoms with E-state index < -0.39 is 0 Å². The minimum Gasteiger partial charge on any atom is -0.497 e. The molecule has 0 saturated carbocycles. The topological polar surface area (TPSA) is 21.3 Å². The molecule has 0 amide bonds. The van der Waals surface area contributed by atoms with Crippen LogP contribution in [0.5, 0.6) is 5.75 Å². The zero-order chi connectivity index (χ0) is 14.5. The Morgan fingerprint density at radius 3 is 2.85 bits per heavy atom. The number of hydrogen-bond acceptors (Lipinski definition) is 3. The average molecular weight is 293 g/mol. The summed E-state index contributed by atoms with van der Waals surface area (Å²) in [7, 11) is 1.75. The lowest BCUT2D eigenvalue weighted by Gasteiger charge is -2.34. The summed E-state index contributed by atoms with van der Waals surface area (Å²) in [6, 6.07) is 7.01. The van der Waals surface area contributed by atoms with Crippen molar-refractivity contribution in [2.75, 3.05) is 19.4 Å². The van der Waals surface area contributed by atoms with Gasteiger partial charge in [0.2, 0.25) is 0 Å². The maximum atomic E-state index is 5.41. The molecular formula is C17H27NOS. The van der Waals surface area contributed by atoms with Crippen LogP contribution in [0.2, 0.25) is 0 Å². The van der Waals surface area contributed by atoms with Crippen LogP contribution >= 0.6 is 11.8 Å². The first kappa shape index (κ1) is 15.7. The van der Waals surface area contributed by atoms with Gasteiger partial charge in [0.25, 0.3) is 0 Å². The minimum atomic E-state index is 0.461. The highest BCUT2D eigenvalue weighted by molar-refractivity contribution is 7.99. The molecule has 2 unspecified atom stereocenters. The molecule has 0 aliphatic heterocycles. The second-order valence-electron chi connectivity index (χ2n) is 5.90. The van der Waals surface area contributed by atoms with Crippen LogP contribution in [0.4, 0.5) is 0 Å². The van der Waals surface area contributed by atoms with Gasteiger partial charge in [0.1, 0.15) is 5.75 Å². The summed E-state index contributed by atoms with van der Waals surface area (Å²) in [4.78, 5) is 0. The van der Waals surface area contributed by atoms with Gasteiger partial charge in [0.05, 0.1) is 7.11 Å². The molecule has 0 radical (unpaired) electrons. The Morgan fingerprint density at radius 1 is 1.40 bits per heavy atom. The van der Waals surface area contributed by atoms with E-state index in [0.29, 0.717) is 11.3 Å². The third kappa shape index (κ3) is 3.70. The van der Waals surface area contributed by atoms with Crippen molar-refractivity contribution in [2.45, 2.75) is 44.9 Å². The molecule has 0 heterocycles. The maximum Gasteiger partial charge on any atom is 0.119 e. The molecule has 2 nitrogen and oxygen atoms in total. The van der Waals surface area contributed by atoms with Crippen LogP contribution in [-0.4, -0.2) is 24.7 Å². The predicted molar refractivity (Wildman–Crippen MR) is 88.8 cm³/mol. The Morgan fingerprint density at radius 2 is 2.20 bits per heavy atom. The highest BCUT2D eigenvalue weighted by atomic mass is 32.2. The van der Waals surface area contributed by atoms with Crippen LogP contribution in [0.15, 0.2) is 18.2 Å². The van der Waals surface area contributed by atoms with E-state index in [1.54, 1.807) is 7.11 Å². The lowest BCUT2D eigenvalue weighted by atomic mass is 9.87. The van der Waals surface area contributed by atoms with Crippen LogP contribution < -0.4 is 10.1 Å². The van der Waals surface area contributed by atoms with E-state index in [-0.39, 0.29) is 0 Å². The van der Waals surface area contributed by atoms with Gasteiger partial charge in [0, 0.05) is 11.3 Å². The summed E-state index contributed by atoms with van der Waals surface area (Å²) in [5.41, 5.74) is 2.93. The van der Waals surface area contributed by atoms with Crippen molar-refractivity contribution in [3.63, 3.8) is 0 Å². The van der Waals surface area contributed by atoms with Gasteiger partial charge >= 0.3 is 0 Å². The normalized spacial score (nSPS) is 21.9. The number of benzene rings is 1. The van der Waals surface area contributed by atoms with Gasteiger partial charge in [-0.25, -0.2) is 0 Å². The van der Waals surface area contributed by atoms with E-state index in [4.69, 9.17) is 4.74 Å². The third-order valence-corrected chi connectivity index (χ3v) is 5.62. The molecule has 2 rings (SSSR count). The highest BCUT2D eigenvalue weighted by Gasteiger charge is 2.29. The Kier molecular flexibility index (Phi) is 5.79. The summed E-state index contributed by atoms with van der Waals surface area (Å²) in [6.45, 7) is 7.81. The smallest absolute Gasteiger partial charge is 0.119 e. The molecule has 0 bridgehead atoms. The Bertz CT molecular complexity index is 433. The number of fused-ring (bicyclic) bond motifs is 1. The van der Waals surface area contributed by atoms with Crippen molar-refractivity contribution in [1.82, 2.24) is 5.32 Å². The van der Waals surface area contributed by atoms with Crippen LogP contribution in [0.1, 0.15) is 44.4 Å². The van der Waals surface area contributed by atoms with Crippen molar-refractivity contribution >= 4 is 11.8 Å². The van der Waals surface area contributed by atoms with Crippen LogP contribution in [0, 0.1) is 5.92 Å². The molecular weight excluding hydrogens is 266 g/mol. The second-order valence-corrected chi connectivity index (χ2v) is 7.18. The van der Waals surface area contributed by atoms with E-state index in [0.717, 1.165) is 18.2 Å². The Labute approximate surface area is 127 Å². The van der Waals surface area contributed by atoms with Crippen LogP contribution in [-0.2, 0) is 6.42 Å². The monoisotopic (exact) mass is 293 g/mol. The molecule has 20 heavy (non-hydrogen) atoms. The lowest BCUT2D eigenvalue weighted by Crippen LogP contribution is -2.34. The number of aryl methyl sites for hydroxylation is 1. The van der Waals surface area contributed by atoms with Crippen LogP contribution in [0.25, 0.3) is 0 Å². The molecule has 0 saturated heterocycles. The highest BCUT2D eigenvalue weighted by Crippen LogP contribution is 2.39. The summed E-state index contributed by atoms with van der Waals surface area (Å²) < 4.78 is 5.41. The number of thioether (sulfide) groups is 1. The number of hydrogen-bond donors (Lipinski definition) is 1. The molecule has 0 aromatic heterocycles. The SMILES string of the molecule is CCNC1c2cc(OC)ccc2CCC1SCC(C)C. The predicted octanol–water partition coefficient (Wildman–Crippen LogP) is 4.05. The molecule has 1 aromatic carbocycles. The Balaban J connectivity index is 2.21. The third-order valence-electron chi connectivity index (χ3n) is 3.83. The van der Waals surface area contributed by atoms with Gasteiger partial charge in [-0.3, -0.25) is 0 Å². The summed E-state index contributed by atoms with van der Waals surface area (Å²) in [5.74, 6) is 2.97. The molecule has 2 atom stereocenters. The summed E-state index contributed by atoms with van der Waals surface area (Å²) in [6.07, 6.45) is 2.46. The minimum absolute atomic E-state index is 0.461. The first-order valence-electron chi connectivity index (χ1n) is 7.67. The van der Waals surface area contributed by atoms with Gasteiger partial charge in [-0.05, 0) is 54.3 Å². The van der Waals surface area contributed by atoms with E-state index >= 15 is 0 Å². The largest absolute Gasteiger partial charge is 0.497 e. The van der Waals surface area contributed by atoms with Crippen molar-refractivity contribution in [2.24, 2.45) is 5.92 Å². The van der Waals surface area contributed by atoms with E-state index in [2.05, 4.69) is 56.0 Å². The van der Waals surface area contributed by atoms with Gasteiger partial charge in [-0.1, -0.05) is 26.8 Å². The first-order valence-corrected chi connectivity index (χ1v) is 8.72. The van der Waals surface area contributed by atoms with Crippen molar-refractivity contribution < 1.29 is 4.74 Å². The lowest BCUT2D eigenvalue weighted by molar-refractivity contribution is 0.410. The fourth-order valence-corrected chi connectivity index (χ4v) is 4.19. The zero-order valence-electron chi connectivity index (χ0n) is 13.1. The van der Waals surface area contributed by atoms with Gasteiger partial charge in [-0.15, -0.1) is 0 Å². The molecule has 1 aliphatic carbocycles. The number of rotatable bonds is 6. The second kappa shape index (κ2) is 7.37. The first-order chi connectivity index (χ1) is 9.65. The van der Waals surface area contributed by atoms with Crippen molar-refractivity contribution in [3.05, 3.63) is 29.3 Å². The molecule has 112 valence electrons. The van der Waals surface area contributed by atoms with Crippen LogP contribution in [0.3, 0.4) is 0 Å². The van der Waals surface area contributed by atoms with E-state index in [9.17, 15) is 0 Å². The van der Waals surface area contributed by atoms with Gasteiger partial charge in [0.15, 0.2) is 0 Å². The molecule has 1 aliphatic rings. The average Bonchev–Trinajstić information content (AvgIpc) is 2.46. The molecule has 3 heteroatoms. The number of methoxy groups -OCH3 is 1. The van der Waals surface area contributed by atoms with Gasteiger partial charge < -0.3 is 10.1 Å². The molecule has 0 spiro atoms. The molecule has 1 aromatic rings. The quantitative estimate of drug-likeness (QED) is 0.855. The van der Waals surface area contributed by atoms with Crippen molar-refractivity contribution in [3.8, 4) is 5.75 Å². The maximum absolute atomic E-state index is 5.41. The zero-order valence-corrected chi connectivity index (χ0v) is 13.9. The Hall–Kier alpha value is -0.670. The van der Waals surface area contributed by atoms with Crippen molar-refractivity contribution in [1.29, 1.82) is 0 Å². The number of ether oxygens (including phenoxy) is 1. The number of nitrogens with one attached hydrogen (secondary N) is 1. The summed E-state index contributed by atoms with van der Waals surface area (Å²) in [5, 5.41) is 4.37. The van der Waals surface area contributed by atoms with Gasteiger partial charge in [-0.2, -0.15) is 11.8 Å². The standard InChI is InChI=1S/C17H27NOS/c1-5-18-17-15-10-14(19-4)8-6-13(15)7-9-16(17)20-11-12(2)3/h6,8,10,12,16-18H,5,7,9,11H2,1-4H3. The van der Waals surface area contributed by atoms with E-state index in [1.165, 1.54) is 29.7 Å².